The molecular weight excluding hydrogens is 995 g/mol. The zero-order valence-electron chi connectivity index (χ0n) is 44.9. The molecule has 11 atom stereocenters. The number of aromatic amines is 1. The Balaban J connectivity index is 1.07. The summed E-state index contributed by atoms with van der Waals surface area (Å²) < 4.78 is 0. The number of thiophene rings is 2. The fraction of sp³-hybridized carbons (Fsp3) is 0.516. The van der Waals surface area contributed by atoms with Gasteiger partial charge in [-0.2, -0.15) is 0 Å². The highest BCUT2D eigenvalue weighted by atomic mass is 32.1. The minimum Gasteiger partial charge on any atom is -0.507 e. The normalized spacial score (nSPS) is 31.4. The SMILES string of the molecule is CC#Cc1ccc(-c2ccc(C(=O)C3CCC4CC35CC(C3C#Cc6c(cc(O)c7c6NC(C=C7)C(C)(O)Cc6cccc(c6Cc6cnc[nH]6)C3)CC4N=C(N)NC3CCCCC3)C3(CCC(CNC)C3CO)C5)s2)s1. The summed E-state index contributed by atoms with van der Waals surface area (Å²) in [4.78, 5) is 33.3. The number of nitrogens with two attached hydrogens (primary N) is 1. The van der Waals surface area contributed by atoms with Crippen molar-refractivity contribution >= 4 is 46.2 Å². The van der Waals surface area contributed by atoms with Gasteiger partial charge < -0.3 is 42.0 Å². The van der Waals surface area contributed by atoms with Crippen LogP contribution in [0.3, 0.4) is 0 Å². The first kappa shape index (κ1) is 52.1. The summed E-state index contributed by atoms with van der Waals surface area (Å²) in [6, 6.07) is 16.4. The quantitative estimate of drug-likeness (QED) is 0.0292. The summed E-state index contributed by atoms with van der Waals surface area (Å²) in [5.74, 6) is 15.0. The number of guanidine groups is 1. The molecular formula is C64H75N7O4S2. The third-order valence-electron chi connectivity index (χ3n) is 19.7. The number of carbonyl (C=O) groups excluding carboxylic acids is 1. The molecule has 13 heteroatoms. The van der Waals surface area contributed by atoms with Gasteiger partial charge in [-0.15, -0.1) is 28.6 Å². The van der Waals surface area contributed by atoms with E-state index in [1.54, 1.807) is 29.0 Å². The van der Waals surface area contributed by atoms with Crippen molar-refractivity contribution in [2.75, 3.05) is 25.5 Å². The van der Waals surface area contributed by atoms with Crippen LogP contribution < -0.4 is 21.7 Å². The Morgan fingerprint density at radius 3 is 2.65 bits per heavy atom. The van der Waals surface area contributed by atoms with E-state index in [-0.39, 0.29) is 71.1 Å². The average molecular weight is 1070 g/mol. The molecule has 2 aliphatic heterocycles. The topological polar surface area (TPSA) is 181 Å². The summed E-state index contributed by atoms with van der Waals surface area (Å²) in [5, 5.41) is 47.8. The van der Waals surface area contributed by atoms with Gasteiger partial charge in [0.15, 0.2) is 11.7 Å². The number of hydrogen-bond acceptors (Lipinski definition) is 10. The molecule has 0 radical (unpaired) electrons. The lowest BCUT2D eigenvalue weighted by molar-refractivity contribution is 0.0169. The molecule has 9 bridgehead atoms. The maximum Gasteiger partial charge on any atom is 0.189 e. The van der Waals surface area contributed by atoms with Crippen molar-refractivity contribution in [3.8, 4) is 39.2 Å². The number of phenolic OH excluding ortho intramolecular Hbond substituents is 1. The molecule has 11 nitrogen and oxygen atoms in total. The number of fused-ring (bicyclic) bond motifs is 8. The third-order valence-corrected chi connectivity index (χ3v) is 22.0. The van der Waals surface area contributed by atoms with Gasteiger partial charge >= 0.3 is 0 Å². The average Bonchev–Trinajstić information content (AvgIpc) is 4.47. The van der Waals surface area contributed by atoms with Gasteiger partial charge in [0.05, 0.1) is 45.0 Å². The van der Waals surface area contributed by atoms with E-state index in [0.717, 1.165) is 112 Å². The Hall–Kier alpha value is -5.67. The van der Waals surface area contributed by atoms with Crippen LogP contribution >= 0.6 is 22.7 Å². The van der Waals surface area contributed by atoms with E-state index in [1.165, 1.54) is 30.4 Å². The van der Waals surface area contributed by atoms with Crippen molar-refractivity contribution in [3.63, 3.8) is 0 Å². The van der Waals surface area contributed by atoms with E-state index >= 15 is 4.79 Å². The number of benzene rings is 2. The molecule has 0 amide bonds. The second kappa shape index (κ2) is 21.2. The molecule has 2 aromatic carbocycles. The molecule has 402 valence electrons. The van der Waals surface area contributed by atoms with E-state index in [4.69, 9.17) is 10.7 Å². The smallest absolute Gasteiger partial charge is 0.189 e. The van der Waals surface area contributed by atoms with Crippen molar-refractivity contribution in [2.45, 2.75) is 140 Å². The van der Waals surface area contributed by atoms with E-state index in [0.29, 0.717) is 37.2 Å². The minimum absolute atomic E-state index is 0.000782. The van der Waals surface area contributed by atoms with Gasteiger partial charge in [0.25, 0.3) is 0 Å². The molecule has 3 aromatic heterocycles. The number of anilines is 1. The maximum atomic E-state index is 15.9. The van der Waals surface area contributed by atoms with Crippen LogP contribution in [-0.2, 0) is 25.7 Å². The first-order valence-corrected chi connectivity index (χ1v) is 30.2. The van der Waals surface area contributed by atoms with Crippen molar-refractivity contribution in [1.82, 2.24) is 20.6 Å². The highest BCUT2D eigenvalue weighted by Crippen LogP contribution is 2.71. The molecule has 5 aromatic rings. The van der Waals surface area contributed by atoms with Crippen LogP contribution in [0, 0.1) is 70.0 Å². The third kappa shape index (κ3) is 9.77. The molecule has 4 fully saturated rings. The number of aliphatic hydroxyl groups is 2. The number of phenols is 1. The van der Waals surface area contributed by atoms with Crippen LogP contribution in [0.25, 0.3) is 15.8 Å². The van der Waals surface area contributed by atoms with Crippen molar-refractivity contribution < 1.29 is 20.1 Å². The van der Waals surface area contributed by atoms with Gasteiger partial charge in [-0.05, 0) is 185 Å². The fourth-order valence-corrected chi connectivity index (χ4v) is 18.3. The van der Waals surface area contributed by atoms with Crippen LogP contribution in [0.15, 0.2) is 72.1 Å². The second-order valence-electron chi connectivity index (χ2n) is 24.3. The zero-order valence-corrected chi connectivity index (χ0v) is 46.5. The fourth-order valence-electron chi connectivity index (χ4n) is 16.3. The zero-order chi connectivity index (χ0) is 53.1. The predicted molar refractivity (Wildman–Crippen MR) is 310 cm³/mol. The number of aromatic hydroxyl groups is 1. The van der Waals surface area contributed by atoms with Gasteiger partial charge in [0.1, 0.15) is 5.75 Å². The van der Waals surface area contributed by atoms with Gasteiger partial charge in [0.2, 0.25) is 0 Å². The lowest BCUT2D eigenvalue weighted by Gasteiger charge is -2.47. The first-order valence-electron chi connectivity index (χ1n) is 28.5. The Labute approximate surface area is 462 Å². The standard InChI is InChI=1S/C64H75N7O4S2/c1-4-9-46-16-20-55(76-46)56-21-22-57(77-56)60(74)50-19-15-41-31-63(50)32-51(64(36-63)25-24-42(33-66-3)52(64)35-72)39-14-17-47-43(27-53(41)70-61(65)69-44-12-6-5-7-13-44)28-54(73)48-18-23-58(71-59(47)48)62(2,75)30-40-11-8-10-38(26-39)49(40)29-45-34-67-37-68-45/h8,10-11,16,18,20-23,28,34,37,39,41-42,44,50-53,58,66,71-73,75H,5-7,12-13,15,19,24-27,29-33,35-36H2,1-3H3,(H,67,68)(H3,65,69,70). The molecule has 9 N–H and O–H groups in total. The van der Waals surface area contributed by atoms with E-state index in [9.17, 15) is 15.3 Å². The number of hydrogen-bond donors (Lipinski definition) is 8. The molecule has 11 unspecified atom stereocenters. The second-order valence-corrected chi connectivity index (χ2v) is 26.4. The lowest BCUT2D eigenvalue weighted by Crippen LogP contribution is -2.46. The van der Waals surface area contributed by atoms with Crippen LogP contribution in [-0.4, -0.2) is 81.0 Å². The number of imidazole rings is 1. The Morgan fingerprint density at radius 2 is 1.84 bits per heavy atom. The summed E-state index contributed by atoms with van der Waals surface area (Å²) >= 11 is 3.28. The monoisotopic (exact) mass is 1070 g/mol. The molecule has 5 aliphatic carbocycles. The van der Waals surface area contributed by atoms with Crippen molar-refractivity contribution in [3.05, 3.63) is 116 Å². The minimum atomic E-state index is -1.24. The van der Waals surface area contributed by atoms with E-state index in [1.807, 2.05) is 45.3 Å². The Kier molecular flexibility index (Phi) is 14.3. The molecule has 77 heavy (non-hydrogen) atoms. The van der Waals surface area contributed by atoms with Crippen LogP contribution in [0.2, 0.25) is 0 Å². The van der Waals surface area contributed by atoms with Gasteiger partial charge in [-0.1, -0.05) is 67.4 Å². The number of nitrogens with one attached hydrogen (secondary N) is 4. The number of aromatic nitrogens is 2. The van der Waals surface area contributed by atoms with Crippen LogP contribution in [0.5, 0.6) is 5.75 Å². The summed E-state index contributed by atoms with van der Waals surface area (Å²) in [6.07, 6.45) is 21.3. The Morgan fingerprint density at radius 1 is 1.01 bits per heavy atom. The van der Waals surface area contributed by atoms with E-state index < -0.39 is 17.1 Å². The number of aliphatic imine (C=N–C) groups is 1. The first-order chi connectivity index (χ1) is 37.4. The maximum absolute atomic E-state index is 15.9. The number of Topliss-reactive ketones (excluding diaryl/α,β-unsaturated/α-hetero) is 1. The van der Waals surface area contributed by atoms with E-state index in [2.05, 4.69) is 92.1 Å². The van der Waals surface area contributed by atoms with Crippen molar-refractivity contribution in [1.29, 1.82) is 0 Å². The number of H-pyrrole nitrogens is 1. The Bertz CT molecular complexity index is 3220. The molecule has 5 heterocycles. The van der Waals surface area contributed by atoms with Gasteiger partial charge in [-0.25, -0.2) is 9.98 Å². The van der Waals surface area contributed by atoms with Crippen LogP contribution in [0.1, 0.15) is 145 Å². The highest BCUT2D eigenvalue weighted by molar-refractivity contribution is 7.23. The number of ketones is 1. The largest absolute Gasteiger partial charge is 0.507 e. The van der Waals surface area contributed by atoms with Crippen LogP contribution in [0.4, 0.5) is 5.69 Å². The summed E-state index contributed by atoms with van der Waals surface area (Å²) in [5.41, 5.74) is 12.6. The molecule has 7 aliphatic rings. The highest BCUT2D eigenvalue weighted by Gasteiger charge is 2.66. The molecule has 4 saturated carbocycles. The predicted octanol–water partition coefficient (Wildman–Crippen LogP) is 10.3. The van der Waals surface area contributed by atoms with Gasteiger partial charge in [-0.3, -0.25) is 4.79 Å². The van der Waals surface area contributed by atoms with Crippen molar-refractivity contribution in [2.24, 2.45) is 57.1 Å². The summed E-state index contributed by atoms with van der Waals surface area (Å²) in [7, 11) is 2.03. The molecule has 12 rings (SSSR count). The lowest BCUT2D eigenvalue weighted by atomic mass is 9.57. The number of carbonyl (C=O) groups is 1. The van der Waals surface area contributed by atoms with Gasteiger partial charge in [0, 0.05) is 64.5 Å². The molecule has 2 spiro atoms. The number of rotatable bonds is 10. The summed E-state index contributed by atoms with van der Waals surface area (Å²) in [6.45, 7) is 4.65. The number of aliphatic hydroxyl groups excluding tert-OH is 1. The number of nitrogens with zero attached hydrogens (tertiary/aromatic N) is 2. The molecule has 0 saturated heterocycles.